The van der Waals surface area contributed by atoms with Crippen LogP contribution in [0.1, 0.15) is 26.7 Å². The van der Waals surface area contributed by atoms with E-state index in [1.165, 1.54) is 0 Å². The average Bonchev–Trinajstić information content (AvgIpc) is 2.61. The van der Waals surface area contributed by atoms with Crippen LogP contribution >= 0.6 is 0 Å². The summed E-state index contributed by atoms with van der Waals surface area (Å²) in [6, 6.07) is 0.514. The zero-order valence-electron chi connectivity index (χ0n) is 10.1. The first kappa shape index (κ1) is 10.7. The van der Waals surface area contributed by atoms with Crippen molar-refractivity contribution in [1.29, 1.82) is 0 Å². The molecule has 0 unspecified atom stereocenters. The average molecular weight is 225 g/mol. The van der Waals surface area contributed by atoms with Gasteiger partial charge in [-0.1, -0.05) is 0 Å². The molecule has 0 aliphatic carbocycles. The number of likely N-dealkylation sites (N-methyl/N-ethyl adjacent to an activating group) is 1. The summed E-state index contributed by atoms with van der Waals surface area (Å²) in [6.07, 6.45) is 1.63. The van der Waals surface area contributed by atoms with Gasteiger partial charge in [-0.05, 0) is 27.3 Å². The van der Waals surface area contributed by atoms with Gasteiger partial charge in [-0.2, -0.15) is 0 Å². The molecule has 5 atom stereocenters. The summed E-state index contributed by atoms with van der Waals surface area (Å²) >= 11 is 0. The van der Waals surface area contributed by atoms with Crippen LogP contribution in [0.15, 0.2) is 0 Å². The standard InChI is InChI=1S/C12H19NO3/c1-6(2)15-12-7-4-8-9(14)5-10(16-12)11(7)13(8)3/h6-8,10-12H,4-5H2,1-3H3/t7-,8-,10+,11+,12-/m1/s1. The van der Waals surface area contributed by atoms with Crippen molar-refractivity contribution in [1.82, 2.24) is 4.90 Å². The lowest BCUT2D eigenvalue weighted by Crippen LogP contribution is -2.49. The molecule has 90 valence electrons. The molecule has 4 nitrogen and oxygen atoms in total. The van der Waals surface area contributed by atoms with Crippen molar-refractivity contribution < 1.29 is 14.3 Å². The van der Waals surface area contributed by atoms with Gasteiger partial charge < -0.3 is 9.47 Å². The van der Waals surface area contributed by atoms with E-state index in [0.29, 0.717) is 24.2 Å². The molecule has 0 radical (unpaired) electrons. The Hall–Kier alpha value is -0.450. The molecule has 2 bridgehead atoms. The molecule has 0 N–H and O–H groups in total. The van der Waals surface area contributed by atoms with Crippen molar-refractivity contribution >= 4 is 5.78 Å². The molecule has 4 heteroatoms. The van der Waals surface area contributed by atoms with E-state index in [0.717, 1.165) is 6.42 Å². The minimum absolute atomic E-state index is 0.0602. The number of hydrogen-bond donors (Lipinski definition) is 0. The molecule has 0 aromatic carbocycles. The fraction of sp³-hybridized carbons (Fsp3) is 0.917. The summed E-state index contributed by atoms with van der Waals surface area (Å²) in [5.74, 6) is 0.725. The van der Waals surface area contributed by atoms with Crippen molar-refractivity contribution in [2.75, 3.05) is 7.05 Å². The predicted molar refractivity (Wildman–Crippen MR) is 58.0 cm³/mol. The molecule has 3 aliphatic heterocycles. The number of nitrogens with zero attached hydrogens (tertiary/aromatic N) is 1. The first-order chi connectivity index (χ1) is 7.58. The van der Waals surface area contributed by atoms with Crippen LogP contribution in [0, 0.1) is 5.92 Å². The third kappa shape index (κ3) is 1.36. The molecule has 0 amide bonds. The number of ketones is 1. The van der Waals surface area contributed by atoms with E-state index in [1.54, 1.807) is 0 Å². The zero-order chi connectivity index (χ0) is 11.4. The Morgan fingerprint density at radius 2 is 2.25 bits per heavy atom. The van der Waals surface area contributed by atoms with Gasteiger partial charge in [-0.25, -0.2) is 0 Å². The highest BCUT2D eigenvalue weighted by atomic mass is 16.7. The van der Waals surface area contributed by atoms with Gasteiger partial charge in [0.05, 0.1) is 18.2 Å². The van der Waals surface area contributed by atoms with Crippen LogP contribution in [0.25, 0.3) is 0 Å². The monoisotopic (exact) mass is 225 g/mol. The topological polar surface area (TPSA) is 38.8 Å². The van der Waals surface area contributed by atoms with Crippen LogP contribution < -0.4 is 0 Å². The summed E-state index contributed by atoms with van der Waals surface area (Å²) in [4.78, 5) is 14.0. The van der Waals surface area contributed by atoms with Crippen molar-refractivity contribution in [2.45, 2.75) is 57.3 Å². The quantitative estimate of drug-likeness (QED) is 0.696. The van der Waals surface area contributed by atoms with E-state index < -0.39 is 0 Å². The Morgan fingerprint density at radius 1 is 1.50 bits per heavy atom. The van der Waals surface area contributed by atoms with Crippen molar-refractivity contribution in [3.63, 3.8) is 0 Å². The summed E-state index contributed by atoms with van der Waals surface area (Å²) < 4.78 is 11.7. The maximum absolute atomic E-state index is 11.8. The number of piperidine rings is 1. The van der Waals surface area contributed by atoms with Gasteiger partial charge in [0.2, 0.25) is 0 Å². The Kier molecular flexibility index (Phi) is 2.35. The lowest BCUT2D eigenvalue weighted by molar-refractivity contribution is -0.179. The molecule has 3 fully saturated rings. The minimum atomic E-state index is -0.101. The second-order valence-electron chi connectivity index (χ2n) is 5.47. The number of Topliss-reactive ketones (excluding diaryl/α,β-unsaturated/α-hetero) is 1. The van der Waals surface area contributed by atoms with Gasteiger partial charge in [0, 0.05) is 18.4 Å². The molecule has 3 saturated heterocycles. The van der Waals surface area contributed by atoms with Crippen molar-refractivity contribution in [3.05, 3.63) is 0 Å². The highest BCUT2D eigenvalue weighted by molar-refractivity contribution is 5.86. The second-order valence-corrected chi connectivity index (χ2v) is 5.47. The smallest absolute Gasteiger partial charge is 0.162 e. The van der Waals surface area contributed by atoms with Gasteiger partial charge in [0.15, 0.2) is 12.1 Å². The molecular formula is C12H19NO3. The van der Waals surface area contributed by atoms with E-state index >= 15 is 0 Å². The SMILES string of the molecule is CC(C)O[C@@H]1O[C@H]2CC(=O)[C@H]3C[C@@H]1[C@@H]2N3C. The van der Waals surface area contributed by atoms with E-state index in [2.05, 4.69) is 4.90 Å². The molecule has 0 aromatic heterocycles. The zero-order valence-corrected chi connectivity index (χ0v) is 10.1. The highest BCUT2D eigenvalue weighted by Crippen LogP contribution is 2.46. The van der Waals surface area contributed by atoms with Gasteiger partial charge >= 0.3 is 0 Å². The maximum Gasteiger partial charge on any atom is 0.162 e. The Morgan fingerprint density at radius 3 is 2.94 bits per heavy atom. The Labute approximate surface area is 95.9 Å². The number of carbonyl (C=O) groups excluding carboxylic acids is 1. The molecule has 16 heavy (non-hydrogen) atoms. The largest absolute Gasteiger partial charge is 0.350 e. The van der Waals surface area contributed by atoms with Crippen LogP contribution in [0.5, 0.6) is 0 Å². The van der Waals surface area contributed by atoms with Crippen LogP contribution in [0.3, 0.4) is 0 Å². The Bertz CT molecular complexity index is 317. The highest BCUT2D eigenvalue weighted by Gasteiger charge is 2.59. The predicted octanol–water partition coefficient (Wildman–Crippen LogP) is 0.798. The number of rotatable bonds is 2. The summed E-state index contributed by atoms with van der Waals surface area (Å²) in [7, 11) is 2.04. The Balaban J connectivity index is 1.82. The fourth-order valence-electron chi connectivity index (χ4n) is 3.50. The normalized spacial score (nSPS) is 47.0. The maximum atomic E-state index is 11.8. The van der Waals surface area contributed by atoms with Gasteiger partial charge in [-0.3, -0.25) is 9.69 Å². The molecule has 3 rings (SSSR count). The first-order valence-electron chi connectivity index (χ1n) is 6.13. The molecule has 0 spiro atoms. The third-order valence-corrected chi connectivity index (χ3v) is 4.12. The van der Waals surface area contributed by atoms with E-state index in [-0.39, 0.29) is 24.5 Å². The number of ether oxygens (including phenoxy) is 2. The van der Waals surface area contributed by atoms with E-state index in [1.807, 2.05) is 20.9 Å². The van der Waals surface area contributed by atoms with Crippen LogP contribution in [-0.4, -0.2) is 48.3 Å². The van der Waals surface area contributed by atoms with Gasteiger partial charge in [0.1, 0.15) is 0 Å². The number of hydrogen-bond acceptors (Lipinski definition) is 4. The number of carbonyl (C=O) groups is 1. The van der Waals surface area contributed by atoms with E-state index in [4.69, 9.17) is 9.47 Å². The summed E-state index contributed by atoms with van der Waals surface area (Å²) in [5.41, 5.74) is 0. The first-order valence-corrected chi connectivity index (χ1v) is 6.13. The second kappa shape index (κ2) is 3.52. The van der Waals surface area contributed by atoms with E-state index in [9.17, 15) is 4.79 Å². The molecule has 3 heterocycles. The van der Waals surface area contributed by atoms with Gasteiger partial charge in [-0.15, -0.1) is 0 Å². The molecule has 0 aromatic rings. The summed E-state index contributed by atoms with van der Waals surface area (Å²) in [6.45, 7) is 4.05. The molecular weight excluding hydrogens is 206 g/mol. The van der Waals surface area contributed by atoms with Crippen molar-refractivity contribution in [2.24, 2.45) is 5.92 Å². The van der Waals surface area contributed by atoms with Crippen LogP contribution in [0.4, 0.5) is 0 Å². The van der Waals surface area contributed by atoms with Crippen LogP contribution in [-0.2, 0) is 14.3 Å². The fourth-order valence-corrected chi connectivity index (χ4v) is 3.50. The number of fused-ring (bicyclic) bond motifs is 1. The summed E-state index contributed by atoms with van der Waals surface area (Å²) in [5, 5.41) is 0. The lowest BCUT2D eigenvalue weighted by Gasteiger charge is -2.33. The molecule has 3 aliphatic rings. The minimum Gasteiger partial charge on any atom is -0.350 e. The van der Waals surface area contributed by atoms with Crippen LogP contribution in [0.2, 0.25) is 0 Å². The third-order valence-electron chi connectivity index (χ3n) is 4.12. The van der Waals surface area contributed by atoms with Crippen molar-refractivity contribution in [3.8, 4) is 0 Å². The van der Waals surface area contributed by atoms with Gasteiger partial charge in [0.25, 0.3) is 0 Å². The lowest BCUT2D eigenvalue weighted by atomic mass is 9.98. The molecule has 0 saturated carbocycles.